The highest BCUT2D eigenvalue weighted by atomic mass is 19.1. The minimum absolute atomic E-state index is 0.114. The van der Waals surface area contributed by atoms with E-state index >= 15 is 0 Å². The Balaban J connectivity index is 2.20. The lowest BCUT2D eigenvalue weighted by Gasteiger charge is -2.05. The van der Waals surface area contributed by atoms with Gasteiger partial charge in [-0.3, -0.25) is 9.78 Å². The highest BCUT2D eigenvalue weighted by Gasteiger charge is 2.07. The van der Waals surface area contributed by atoms with Gasteiger partial charge in [0, 0.05) is 18.1 Å². The molecule has 0 aliphatic rings. The van der Waals surface area contributed by atoms with Crippen molar-refractivity contribution in [2.45, 2.75) is 0 Å². The van der Waals surface area contributed by atoms with Crippen molar-refractivity contribution in [3.05, 3.63) is 59.7 Å². The van der Waals surface area contributed by atoms with Crippen molar-refractivity contribution >= 4 is 11.6 Å². The van der Waals surface area contributed by atoms with Gasteiger partial charge in [0.1, 0.15) is 12.4 Å². The van der Waals surface area contributed by atoms with Gasteiger partial charge >= 0.3 is 0 Å². The van der Waals surface area contributed by atoms with Gasteiger partial charge in [0.25, 0.3) is 5.91 Å². The summed E-state index contributed by atoms with van der Waals surface area (Å²) < 4.78 is 13.4. The molecule has 0 bridgehead atoms. The standard InChI is InChI=1S/C15H11FN2O2/c16-14-6-5-13(9-11(14)4-2-8-19)18-15(20)12-3-1-7-17-10-12/h1,3,5-7,9-10,19H,8H2,(H,18,20). The molecule has 0 saturated heterocycles. The molecular weight excluding hydrogens is 259 g/mol. The number of hydrogen-bond acceptors (Lipinski definition) is 3. The van der Waals surface area contributed by atoms with E-state index in [1.807, 2.05) is 0 Å². The molecule has 100 valence electrons. The first kappa shape index (κ1) is 13.7. The Morgan fingerprint density at radius 3 is 2.95 bits per heavy atom. The molecule has 4 nitrogen and oxygen atoms in total. The van der Waals surface area contributed by atoms with E-state index in [-0.39, 0.29) is 18.1 Å². The van der Waals surface area contributed by atoms with Crippen molar-refractivity contribution in [1.29, 1.82) is 0 Å². The summed E-state index contributed by atoms with van der Waals surface area (Å²) in [5.74, 6) is 3.99. The zero-order chi connectivity index (χ0) is 14.4. The van der Waals surface area contributed by atoms with Gasteiger partial charge in [-0.05, 0) is 30.3 Å². The Morgan fingerprint density at radius 1 is 1.40 bits per heavy atom. The monoisotopic (exact) mass is 270 g/mol. The highest BCUT2D eigenvalue weighted by molar-refractivity contribution is 6.04. The topological polar surface area (TPSA) is 62.2 Å². The van der Waals surface area contributed by atoms with E-state index in [0.29, 0.717) is 11.3 Å². The number of halogens is 1. The second kappa shape index (κ2) is 6.45. The first-order valence-electron chi connectivity index (χ1n) is 5.81. The molecule has 0 radical (unpaired) electrons. The van der Waals surface area contributed by atoms with E-state index < -0.39 is 5.82 Å². The van der Waals surface area contributed by atoms with Crippen LogP contribution in [-0.2, 0) is 0 Å². The quantitative estimate of drug-likeness (QED) is 0.818. The molecule has 1 aromatic carbocycles. The van der Waals surface area contributed by atoms with Crippen LogP contribution >= 0.6 is 0 Å². The van der Waals surface area contributed by atoms with Crippen LogP contribution in [0.15, 0.2) is 42.7 Å². The van der Waals surface area contributed by atoms with Gasteiger partial charge in [-0.2, -0.15) is 0 Å². The number of carbonyl (C=O) groups is 1. The largest absolute Gasteiger partial charge is 0.384 e. The maximum Gasteiger partial charge on any atom is 0.257 e. The number of carbonyl (C=O) groups excluding carboxylic acids is 1. The summed E-state index contributed by atoms with van der Waals surface area (Å²) in [5, 5.41) is 11.2. The third kappa shape index (κ3) is 3.40. The summed E-state index contributed by atoms with van der Waals surface area (Å²) in [6.07, 6.45) is 3.00. The van der Waals surface area contributed by atoms with E-state index in [4.69, 9.17) is 5.11 Å². The molecule has 0 fully saturated rings. The molecule has 5 heteroatoms. The van der Waals surface area contributed by atoms with E-state index in [2.05, 4.69) is 22.1 Å². The van der Waals surface area contributed by atoms with Crippen molar-refractivity contribution in [3.8, 4) is 11.8 Å². The zero-order valence-corrected chi connectivity index (χ0v) is 10.4. The van der Waals surface area contributed by atoms with Crippen LogP contribution in [0.2, 0.25) is 0 Å². The molecule has 2 aromatic rings. The average molecular weight is 270 g/mol. The van der Waals surface area contributed by atoms with Crippen molar-refractivity contribution in [2.24, 2.45) is 0 Å². The fourth-order valence-electron chi connectivity index (χ4n) is 1.53. The van der Waals surface area contributed by atoms with Crippen molar-refractivity contribution in [1.82, 2.24) is 4.98 Å². The molecule has 0 aliphatic heterocycles. The number of rotatable bonds is 2. The SMILES string of the molecule is O=C(Nc1ccc(F)c(C#CCO)c1)c1cccnc1. The highest BCUT2D eigenvalue weighted by Crippen LogP contribution is 2.15. The van der Waals surface area contributed by atoms with Gasteiger partial charge in [0.05, 0.1) is 11.1 Å². The van der Waals surface area contributed by atoms with E-state index in [0.717, 1.165) is 0 Å². The van der Waals surface area contributed by atoms with Crippen molar-refractivity contribution in [2.75, 3.05) is 11.9 Å². The van der Waals surface area contributed by atoms with Gasteiger partial charge in [-0.15, -0.1) is 0 Å². The number of anilines is 1. The number of aromatic nitrogens is 1. The molecule has 2 rings (SSSR count). The summed E-state index contributed by atoms with van der Waals surface area (Å²) in [7, 11) is 0. The Kier molecular flexibility index (Phi) is 4.43. The molecule has 0 spiro atoms. The van der Waals surface area contributed by atoms with Crippen LogP contribution < -0.4 is 5.32 Å². The Bertz CT molecular complexity index is 675. The van der Waals surface area contributed by atoms with Gasteiger partial charge < -0.3 is 10.4 Å². The third-order valence-corrected chi connectivity index (χ3v) is 2.45. The first-order chi connectivity index (χ1) is 9.70. The number of aliphatic hydroxyl groups is 1. The number of nitrogens with one attached hydrogen (secondary N) is 1. The number of aliphatic hydroxyl groups excluding tert-OH is 1. The number of nitrogens with zero attached hydrogens (tertiary/aromatic N) is 1. The summed E-state index contributed by atoms with van der Waals surface area (Å²) in [4.78, 5) is 15.8. The van der Waals surface area contributed by atoms with Gasteiger partial charge in [-0.25, -0.2) is 4.39 Å². The number of amides is 1. The zero-order valence-electron chi connectivity index (χ0n) is 10.4. The van der Waals surface area contributed by atoms with Gasteiger partial charge in [0.2, 0.25) is 0 Å². The second-order valence-corrected chi connectivity index (χ2v) is 3.85. The van der Waals surface area contributed by atoms with Crippen LogP contribution in [0.5, 0.6) is 0 Å². The van der Waals surface area contributed by atoms with E-state index in [1.165, 1.54) is 24.4 Å². The Morgan fingerprint density at radius 2 is 2.25 bits per heavy atom. The summed E-state index contributed by atoms with van der Waals surface area (Å²) in [6, 6.07) is 7.33. The van der Waals surface area contributed by atoms with Crippen LogP contribution in [0.1, 0.15) is 15.9 Å². The summed E-state index contributed by atoms with van der Waals surface area (Å²) in [5.41, 5.74) is 0.936. The maximum absolute atomic E-state index is 13.4. The van der Waals surface area contributed by atoms with Gasteiger partial charge in [-0.1, -0.05) is 11.8 Å². The van der Waals surface area contributed by atoms with E-state index in [1.54, 1.807) is 18.3 Å². The predicted octanol–water partition coefficient (Wildman–Crippen LogP) is 1.82. The molecule has 20 heavy (non-hydrogen) atoms. The number of benzene rings is 1. The normalized spacial score (nSPS) is 9.50. The smallest absolute Gasteiger partial charge is 0.257 e. The van der Waals surface area contributed by atoms with E-state index in [9.17, 15) is 9.18 Å². The van der Waals surface area contributed by atoms with Crippen LogP contribution in [0.25, 0.3) is 0 Å². The van der Waals surface area contributed by atoms with Crippen molar-refractivity contribution < 1.29 is 14.3 Å². The summed E-state index contributed by atoms with van der Waals surface area (Å²) in [6.45, 7) is -0.355. The molecular formula is C15H11FN2O2. The fourth-order valence-corrected chi connectivity index (χ4v) is 1.53. The predicted molar refractivity (Wildman–Crippen MR) is 72.6 cm³/mol. The maximum atomic E-state index is 13.4. The lowest BCUT2D eigenvalue weighted by Crippen LogP contribution is -2.12. The molecule has 0 unspecified atom stereocenters. The molecule has 1 aromatic heterocycles. The Hall–Kier alpha value is -2.71. The van der Waals surface area contributed by atoms with Crippen LogP contribution in [-0.4, -0.2) is 22.6 Å². The number of pyridine rings is 1. The minimum atomic E-state index is -0.509. The summed E-state index contributed by atoms with van der Waals surface area (Å²) >= 11 is 0. The van der Waals surface area contributed by atoms with Crippen LogP contribution in [0.3, 0.4) is 0 Å². The molecule has 0 aliphatic carbocycles. The number of hydrogen-bond donors (Lipinski definition) is 2. The first-order valence-corrected chi connectivity index (χ1v) is 5.81. The van der Waals surface area contributed by atoms with Crippen molar-refractivity contribution in [3.63, 3.8) is 0 Å². The lowest BCUT2D eigenvalue weighted by atomic mass is 10.2. The molecule has 1 amide bonds. The minimum Gasteiger partial charge on any atom is -0.384 e. The van der Waals surface area contributed by atoms with Crippen LogP contribution in [0, 0.1) is 17.7 Å². The lowest BCUT2D eigenvalue weighted by molar-refractivity contribution is 0.102. The molecule has 0 atom stereocenters. The third-order valence-electron chi connectivity index (χ3n) is 2.45. The molecule has 2 N–H and O–H groups in total. The fraction of sp³-hybridized carbons (Fsp3) is 0.0667. The van der Waals surface area contributed by atoms with Crippen LogP contribution in [0.4, 0.5) is 10.1 Å². The Labute approximate surface area is 115 Å². The van der Waals surface area contributed by atoms with Gasteiger partial charge in [0.15, 0.2) is 0 Å². The molecule has 0 saturated carbocycles. The second-order valence-electron chi connectivity index (χ2n) is 3.85. The average Bonchev–Trinajstić information content (AvgIpc) is 2.48. The molecule has 1 heterocycles.